The van der Waals surface area contributed by atoms with Gasteiger partial charge in [-0.15, -0.1) is 0 Å². The van der Waals surface area contributed by atoms with Gasteiger partial charge in [0.2, 0.25) is 0 Å². The third-order valence-electron chi connectivity index (χ3n) is 3.55. The van der Waals surface area contributed by atoms with E-state index in [-0.39, 0.29) is 16.2 Å². The molecule has 0 spiro atoms. The lowest BCUT2D eigenvalue weighted by Crippen LogP contribution is -2.09. The third-order valence-corrected chi connectivity index (χ3v) is 4.90. The van der Waals surface area contributed by atoms with Gasteiger partial charge in [0.05, 0.1) is 16.2 Å². The highest BCUT2D eigenvalue weighted by molar-refractivity contribution is 9.10. The van der Waals surface area contributed by atoms with Gasteiger partial charge in [-0.3, -0.25) is 0 Å². The van der Waals surface area contributed by atoms with Gasteiger partial charge in [-0.2, -0.15) is 0 Å². The molecule has 5 heteroatoms. The van der Waals surface area contributed by atoms with E-state index in [1.165, 1.54) is 11.6 Å². The lowest BCUT2D eigenvalue weighted by Gasteiger charge is -2.16. The number of hydrogen-bond acceptors (Lipinski definition) is 1. The monoisotopic (exact) mass is 401 g/mol. The Morgan fingerprint density at radius 1 is 1.05 bits per heavy atom. The van der Waals surface area contributed by atoms with Gasteiger partial charge in [0, 0.05) is 10.5 Å². The first-order valence-corrected chi connectivity index (χ1v) is 7.83. The maximum absolute atomic E-state index is 13.9. The minimum absolute atomic E-state index is 0.0116. The Kier molecular flexibility index (Phi) is 3.82. The first-order valence-electron chi connectivity index (χ1n) is 6.24. The highest BCUT2D eigenvalue weighted by Crippen LogP contribution is 2.38. The van der Waals surface area contributed by atoms with Crippen LogP contribution >= 0.6 is 31.9 Å². The summed E-state index contributed by atoms with van der Waals surface area (Å²) in [6, 6.07) is 8.34. The molecule has 0 amide bonds. The van der Waals surface area contributed by atoms with E-state index in [2.05, 4.69) is 37.2 Å². The zero-order valence-electron chi connectivity index (χ0n) is 10.4. The molecule has 2 aromatic rings. The van der Waals surface area contributed by atoms with Crippen LogP contribution in [0.3, 0.4) is 0 Å². The minimum Gasteiger partial charge on any atom is -0.376 e. The average molecular weight is 403 g/mol. The maximum atomic E-state index is 13.9. The summed E-state index contributed by atoms with van der Waals surface area (Å²) in [6.45, 7) is 0. The van der Waals surface area contributed by atoms with Gasteiger partial charge in [0.25, 0.3) is 0 Å². The van der Waals surface area contributed by atoms with Crippen molar-refractivity contribution in [3.63, 3.8) is 0 Å². The van der Waals surface area contributed by atoms with Crippen LogP contribution < -0.4 is 5.32 Å². The van der Waals surface area contributed by atoms with Gasteiger partial charge in [-0.1, -0.05) is 28.1 Å². The van der Waals surface area contributed by atoms with E-state index in [0.29, 0.717) is 0 Å². The van der Waals surface area contributed by atoms with Crippen LogP contribution in [0.15, 0.2) is 39.3 Å². The molecule has 0 aromatic heterocycles. The van der Waals surface area contributed by atoms with E-state index in [0.717, 1.165) is 28.9 Å². The van der Waals surface area contributed by atoms with Crippen molar-refractivity contribution in [2.24, 2.45) is 0 Å². The Bertz CT molecular complexity index is 673. The zero-order chi connectivity index (χ0) is 14.3. The number of fused-ring (bicyclic) bond motifs is 1. The number of benzene rings is 2. The fourth-order valence-corrected chi connectivity index (χ4v) is 3.48. The number of rotatable bonds is 2. The average Bonchev–Trinajstić information content (AvgIpc) is 2.81. The Labute approximate surface area is 132 Å². The molecule has 1 atom stereocenters. The molecule has 104 valence electrons. The molecule has 1 nitrogen and oxygen atoms in total. The molecule has 1 aliphatic rings. The Hall–Kier alpha value is -0.940. The largest absolute Gasteiger partial charge is 0.376 e. The van der Waals surface area contributed by atoms with Crippen molar-refractivity contribution in [3.05, 3.63) is 62.0 Å². The molecule has 0 radical (unpaired) electrons. The highest BCUT2D eigenvalue weighted by Gasteiger charge is 2.24. The van der Waals surface area contributed by atoms with E-state index in [1.54, 1.807) is 0 Å². The Balaban J connectivity index is 1.91. The molecular weight excluding hydrogens is 392 g/mol. The van der Waals surface area contributed by atoms with E-state index in [9.17, 15) is 8.78 Å². The molecular formula is C15H11Br2F2N. The van der Waals surface area contributed by atoms with Crippen molar-refractivity contribution in [3.8, 4) is 0 Å². The van der Waals surface area contributed by atoms with E-state index < -0.39 is 11.6 Å². The Morgan fingerprint density at radius 3 is 2.65 bits per heavy atom. The minimum atomic E-state index is -0.471. The van der Waals surface area contributed by atoms with Gasteiger partial charge in [-0.25, -0.2) is 8.78 Å². The molecule has 0 fully saturated rings. The van der Waals surface area contributed by atoms with Gasteiger partial charge < -0.3 is 5.32 Å². The van der Waals surface area contributed by atoms with Crippen molar-refractivity contribution in [1.82, 2.24) is 0 Å². The molecule has 0 saturated carbocycles. The number of anilines is 1. The summed E-state index contributed by atoms with van der Waals surface area (Å²) >= 11 is 6.51. The standard InChI is InChI=1S/C15H11Br2F2N/c16-10-3-1-2-9-8(10)4-5-14(9)20-15-7-12(18)11(17)6-13(15)19/h1-3,6-7,14,20H,4-5H2. The molecule has 1 N–H and O–H groups in total. The van der Waals surface area contributed by atoms with E-state index in [4.69, 9.17) is 0 Å². The molecule has 20 heavy (non-hydrogen) atoms. The fourth-order valence-electron chi connectivity index (χ4n) is 2.58. The van der Waals surface area contributed by atoms with Crippen molar-refractivity contribution < 1.29 is 8.78 Å². The van der Waals surface area contributed by atoms with Crippen molar-refractivity contribution in [1.29, 1.82) is 0 Å². The van der Waals surface area contributed by atoms with Crippen LogP contribution in [0.2, 0.25) is 0 Å². The van der Waals surface area contributed by atoms with Gasteiger partial charge in [-0.05, 0) is 52.0 Å². The number of halogens is 4. The number of hydrogen-bond donors (Lipinski definition) is 1. The summed E-state index contributed by atoms with van der Waals surface area (Å²) in [5.41, 5.74) is 2.58. The highest BCUT2D eigenvalue weighted by atomic mass is 79.9. The number of nitrogens with one attached hydrogen (secondary N) is 1. The third kappa shape index (κ3) is 2.49. The topological polar surface area (TPSA) is 12.0 Å². The second-order valence-electron chi connectivity index (χ2n) is 4.79. The van der Waals surface area contributed by atoms with Gasteiger partial charge >= 0.3 is 0 Å². The molecule has 0 bridgehead atoms. The van der Waals surface area contributed by atoms with Crippen molar-refractivity contribution in [2.75, 3.05) is 5.32 Å². The predicted molar refractivity (Wildman–Crippen MR) is 82.9 cm³/mol. The van der Waals surface area contributed by atoms with E-state index >= 15 is 0 Å². The lowest BCUT2D eigenvalue weighted by atomic mass is 10.1. The molecule has 0 aliphatic heterocycles. The van der Waals surface area contributed by atoms with Gasteiger partial charge in [0.15, 0.2) is 0 Å². The fraction of sp³-hybridized carbons (Fsp3) is 0.200. The van der Waals surface area contributed by atoms with Crippen LogP contribution in [-0.2, 0) is 6.42 Å². The van der Waals surface area contributed by atoms with Crippen LogP contribution in [0.1, 0.15) is 23.6 Å². The van der Waals surface area contributed by atoms with Crippen LogP contribution in [0.5, 0.6) is 0 Å². The zero-order valence-corrected chi connectivity index (χ0v) is 13.6. The van der Waals surface area contributed by atoms with E-state index in [1.807, 2.05) is 18.2 Å². The van der Waals surface area contributed by atoms with Gasteiger partial charge in [0.1, 0.15) is 11.6 Å². The van der Waals surface area contributed by atoms with Crippen molar-refractivity contribution in [2.45, 2.75) is 18.9 Å². The molecule has 0 saturated heterocycles. The second-order valence-corrected chi connectivity index (χ2v) is 6.50. The maximum Gasteiger partial charge on any atom is 0.147 e. The molecule has 0 heterocycles. The predicted octanol–water partition coefficient (Wildman–Crippen LogP) is 5.59. The lowest BCUT2D eigenvalue weighted by molar-refractivity contribution is 0.593. The molecule has 1 unspecified atom stereocenters. The first-order chi connectivity index (χ1) is 9.56. The van der Waals surface area contributed by atoms with Crippen LogP contribution in [0, 0.1) is 11.6 Å². The molecule has 2 aromatic carbocycles. The summed E-state index contributed by atoms with van der Waals surface area (Å²) in [5, 5.41) is 3.10. The van der Waals surface area contributed by atoms with Crippen LogP contribution in [0.25, 0.3) is 0 Å². The summed E-state index contributed by atoms with van der Waals surface area (Å²) in [7, 11) is 0. The smallest absolute Gasteiger partial charge is 0.147 e. The molecule has 3 rings (SSSR count). The SMILES string of the molecule is Fc1cc(NC2CCc3c(Br)cccc32)c(F)cc1Br. The second kappa shape index (κ2) is 5.45. The Morgan fingerprint density at radius 2 is 1.85 bits per heavy atom. The van der Waals surface area contributed by atoms with Crippen molar-refractivity contribution >= 4 is 37.5 Å². The quantitative estimate of drug-likeness (QED) is 0.645. The summed E-state index contributed by atoms with van der Waals surface area (Å²) in [4.78, 5) is 0. The first kappa shape index (κ1) is 14.0. The summed E-state index contributed by atoms with van der Waals surface area (Å²) in [6.07, 6.45) is 1.80. The normalized spacial score (nSPS) is 17.1. The van der Waals surface area contributed by atoms with Crippen LogP contribution in [0.4, 0.5) is 14.5 Å². The molecule has 1 aliphatic carbocycles. The van der Waals surface area contributed by atoms with Crippen LogP contribution in [-0.4, -0.2) is 0 Å². The summed E-state index contributed by atoms with van der Waals surface area (Å²) in [5.74, 6) is -0.928. The summed E-state index contributed by atoms with van der Waals surface area (Å²) < 4.78 is 28.6.